The molecule has 0 aromatic heterocycles. The number of esters is 1. The highest BCUT2D eigenvalue weighted by molar-refractivity contribution is 6.07. The largest absolute Gasteiger partial charge is 0.425 e. The number of likely N-dealkylation sites (tertiary alicyclic amines) is 1. The van der Waals surface area contributed by atoms with E-state index in [1.807, 2.05) is 42.5 Å². The van der Waals surface area contributed by atoms with E-state index >= 15 is 0 Å². The molecule has 0 N–H and O–H groups in total. The number of nitrogens with zero attached hydrogens (tertiary/aromatic N) is 1. The van der Waals surface area contributed by atoms with Crippen LogP contribution in [0.25, 0.3) is 10.8 Å². The summed E-state index contributed by atoms with van der Waals surface area (Å²) in [6.45, 7) is -0.336. The molecule has 25 heavy (non-hydrogen) atoms. The van der Waals surface area contributed by atoms with Crippen LogP contribution < -0.4 is 4.74 Å². The van der Waals surface area contributed by atoms with Gasteiger partial charge in [0.1, 0.15) is 12.3 Å². The Labute approximate surface area is 144 Å². The molecule has 2 amide bonds. The van der Waals surface area contributed by atoms with Gasteiger partial charge in [-0.1, -0.05) is 42.5 Å². The van der Waals surface area contributed by atoms with Crippen molar-refractivity contribution in [3.8, 4) is 5.75 Å². The maximum absolute atomic E-state index is 12.4. The lowest BCUT2D eigenvalue weighted by atomic mass is 9.85. The number of allylic oxidation sites excluding steroid dienone is 2. The lowest BCUT2D eigenvalue weighted by molar-refractivity contribution is -0.148. The summed E-state index contributed by atoms with van der Waals surface area (Å²) in [7, 11) is 0. The predicted molar refractivity (Wildman–Crippen MR) is 91.7 cm³/mol. The van der Waals surface area contributed by atoms with E-state index in [0.29, 0.717) is 18.6 Å². The van der Waals surface area contributed by atoms with Gasteiger partial charge in [0.05, 0.1) is 11.8 Å². The number of imide groups is 1. The van der Waals surface area contributed by atoms with Crippen LogP contribution in [0.3, 0.4) is 0 Å². The van der Waals surface area contributed by atoms with Crippen LogP contribution in [0.1, 0.15) is 12.8 Å². The van der Waals surface area contributed by atoms with E-state index in [-0.39, 0.29) is 30.2 Å². The average molecular weight is 335 g/mol. The Morgan fingerprint density at radius 1 is 0.960 bits per heavy atom. The van der Waals surface area contributed by atoms with E-state index in [9.17, 15) is 14.4 Å². The van der Waals surface area contributed by atoms with Gasteiger partial charge in [0, 0.05) is 0 Å². The first kappa shape index (κ1) is 15.6. The van der Waals surface area contributed by atoms with Crippen molar-refractivity contribution in [2.45, 2.75) is 12.8 Å². The summed E-state index contributed by atoms with van der Waals surface area (Å²) in [5.74, 6) is -1.40. The van der Waals surface area contributed by atoms with Crippen molar-refractivity contribution in [3.63, 3.8) is 0 Å². The number of carbonyl (C=O) groups is 3. The van der Waals surface area contributed by atoms with Crippen LogP contribution in [0.5, 0.6) is 5.75 Å². The minimum absolute atomic E-state index is 0.269. The lowest BCUT2D eigenvalue weighted by Gasteiger charge is -2.14. The van der Waals surface area contributed by atoms with Crippen LogP contribution >= 0.6 is 0 Å². The molecule has 2 aromatic carbocycles. The van der Waals surface area contributed by atoms with Gasteiger partial charge in [0.2, 0.25) is 11.8 Å². The van der Waals surface area contributed by atoms with Crippen LogP contribution in [0.2, 0.25) is 0 Å². The van der Waals surface area contributed by atoms with E-state index in [1.165, 1.54) is 0 Å². The minimum Gasteiger partial charge on any atom is -0.425 e. The third-order valence-corrected chi connectivity index (χ3v) is 4.84. The first-order valence-electron chi connectivity index (χ1n) is 8.33. The fourth-order valence-electron chi connectivity index (χ4n) is 3.55. The van der Waals surface area contributed by atoms with E-state index in [0.717, 1.165) is 15.7 Å². The van der Waals surface area contributed by atoms with Gasteiger partial charge in [-0.25, -0.2) is 4.79 Å². The van der Waals surface area contributed by atoms with Gasteiger partial charge in [-0.2, -0.15) is 0 Å². The Balaban J connectivity index is 1.46. The van der Waals surface area contributed by atoms with E-state index in [4.69, 9.17) is 4.74 Å². The molecule has 1 aliphatic heterocycles. The second-order valence-electron chi connectivity index (χ2n) is 6.40. The van der Waals surface area contributed by atoms with Crippen LogP contribution in [0, 0.1) is 11.8 Å². The summed E-state index contributed by atoms with van der Waals surface area (Å²) in [5.41, 5.74) is 0. The molecule has 2 aliphatic rings. The first-order chi connectivity index (χ1) is 12.1. The van der Waals surface area contributed by atoms with Gasteiger partial charge in [-0.15, -0.1) is 0 Å². The zero-order valence-corrected chi connectivity index (χ0v) is 13.6. The topological polar surface area (TPSA) is 63.7 Å². The van der Waals surface area contributed by atoms with Gasteiger partial charge in [-0.3, -0.25) is 14.5 Å². The van der Waals surface area contributed by atoms with Crippen molar-refractivity contribution in [3.05, 3.63) is 54.6 Å². The second-order valence-corrected chi connectivity index (χ2v) is 6.40. The number of hydrogen-bond donors (Lipinski definition) is 0. The molecular formula is C20H17NO4. The molecule has 2 atom stereocenters. The van der Waals surface area contributed by atoms with Crippen molar-refractivity contribution < 1.29 is 19.1 Å². The molecule has 1 saturated heterocycles. The molecule has 0 bridgehead atoms. The molecule has 126 valence electrons. The van der Waals surface area contributed by atoms with Crippen molar-refractivity contribution >= 4 is 28.6 Å². The highest BCUT2D eigenvalue weighted by Crippen LogP contribution is 2.34. The van der Waals surface area contributed by atoms with Gasteiger partial charge >= 0.3 is 5.97 Å². The molecule has 5 nitrogen and oxygen atoms in total. The molecular weight excluding hydrogens is 318 g/mol. The fourth-order valence-corrected chi connectivity index (χ4v) is 3.55. The summed E-state index contributed by atoms with van der Waals surface area (Å²) >= 11 is 0. The summed E-state index contributed by atoms with van der Waals surface area (Å²) < 4.78 is 5.33. The molecule has 1 aliphatic carbocycles. The normalized spacial score (nSPS) is 22.3. The third kappa shape index (κ3) is 2.82. The Morgan fingerprint density at radius 2 is 1.60 bits per heavy atom. The van der Waals surface area contributed by atoms with E-state index < -0.39 is 5.97 Å². The first-order valence-corrected chi connectivity index (χ1v) is 8.33. The van der Waals surface area contributed by atoms with Gasteiger partial charge in [0.25, 0.3) is 0 Å². The molecule has 2 aromatic rings. The van der Waals surface area contributed by atoms with E-state index in [1.54, 1.807) is 12.1 Å². The number of carbonyl (C=O) groups excluding carboxylic acids is 3. The number of rotatable bonds is 3. The van der Waals surface area contributed by atoms with Gasteiger partial charge in [-0.05, 0) is 35.7 Å². The number of ether oxygens (including phenoxy) is 1. The van der Waals surface area contributed by atoms with Crippen molar-refractivity contribution in [1.82, 2.24) is 4.90 Å². The smallest absolute Gasteiger partial charge is 0.331 e. The molecule has 5 heteroatoms. The fraction of sp³-hybridized carbons (Fsp3) is 0.250. The van der Waals surface area contributed by atoms with Crippen molar-refractivity contribution in [2.24, 2.45) is 11.8 Å². The highest BCUT2D eigenvalue weighted by Gasteiger charge is 2.47. The maximum Gasteiger partial charge on any atom is 0.331 e. The molecule has 1 heterocycles. The Bertz CT molecular complexity index is 875. The monoisotopic (exact) mass is 335 g/mol. The quantitative estimate of drug-likeness (QED) is 0.374. The van der Waals surface area contributed by atoms with Gasteiger partial charge in [0.15, 0.2) is 0 Å². The minimum atomic E-state index is -0.608. The van der Waals surface area contributed by atoms with Crippen LogP contribution in [0.15, 0.2) is 54.6 Å². The molecule has 0 saturated carbocycles. The SMILES string of the molecule is O=C(CN1C(=O)[C@@H]2CC=CC[C@H]2C1=O)Oc1ccc2ccccc2c1. The second kappa shape index (κ2) is 6.16. The number of hydrogen-bond acceptors (Lipinski definition) is 4. The highest BCUT2D eigenvalue weighted by atomic mass is 16.5. The summed E-state index contributed by atoms with van der Waals surface area (Å²) in [5, 5.41) is 2.00. The Hall–Kier alpha value is -2.95. The average Bonchev–Trinajstić information content (AvgIpc) is 2.87. The molecule has 0 spiro atoms. The summed E-state index contributed by atoms with van der Waals surface area (Å²) in [4.78, 5) is 38.0. The van der Waals surface area contributed by atoms with Crippen molar-refractivity contribution in [2.75, 3.05) is 6.54 Å². The molecule has 0 radical (unpaired) electrons. The summed E-state index contributed by atoms with van der Waals surface area (Å²) in [6.07, 6.45) is 4.96. The predicted octanol–water partition coefficient (Wildman–Crippen LogP) is 2.70. The molecule has 0 unspecified atom stereocenters. The van der Waals surface area contributed by atoms with Gasteiger partial charge < -0.3 is 4.74 Å². The third-order valence-electron chi connectivity index (χ3n) is 4.84. The molecule has 4 rings (SSSR count). The van der Waals surface area contributed by atoms with Crippen LogP contribution in [-0.2, 0) is 14.4 Å². The number of benzene rings is 2. The summed E-state index contributed by atoms with van der Waals surface area (Å²) in [6, 6.07) is 13.1. The number of fused-ring (bicyclic) bond motifs is 2. The molecule has 1 fully saturated rings. The maximum atomic E-state index is 12.4. The zero-order valence-electron chi connectivity index (χ0n) is 13.6. The van der Waals surface area contributed by atoms with Crippen LogP contribution in [0.4, 0.5) is 0 Å². The Morgan fingerprint density at radius 3 is 2.28 bits per heavy atom. The van der Waals surface area contributed by atoms with Crippen molar-refractivity contribution in [1.29, 1.82) is 0 Å². The van der Waals surface area contributed by atoms with E-state index in [2.05, 4.69) is 0 Å². The number of amides is 2. The standard InChI is InChI=1S/C20H17NO4/c22-18(25-15-10-9-13-5-1-2-6-14(13)11-15)12-21-19(23)16-7-3-4-8-17(16)20(21)24/h1-6,9-11,16-17H,7-8,12H2/t16-,17-/m1/s1. The Kier molecular flexibility index (Phi) is 3.84. The zero-order chi connectivity index (χ0) is 17.4. The van der Waals surface area contributed by atoms with Crippen LogP contribution in [-0.4, -0.2) is 29.2 Å². The lowest BCUT2D eigenvalue weighted by Crippen LogP contribution is -2.37.